The molecule has 0 aliphatic carbocycles. The number of nitrogens with one attached hydrogen (secondary N) is 3. The summed E-state index contributed by atoms with van der Waals surface area (Å²) in [7, 11) is 1.28. The van der Waals surface area contributed by atoms with Crippen molar-refractivity contribution in [2.75, 3.05) is 13.7 Å². The first-order valence-corrected chi connectivity index (χ1v) is 6.67. The number of hydrogen-bond acceptors (Lipinski definition) is 3. The Labute approximate surface area is 122 Å². The van der Waals surface area contributed by atoms with Crippen molar-refractivity contribution in [3.63, 3.8) is 0 Å². The minimum absolute atomic E-state index is 0.141. The van der Waals surface area contributed by atoms with Crippen LogP contribution in [-0.4, -0.2) is 30.6 Å². The van der Waals surface area contributed by atoms with E-state index < -0.39 is 12.0 Å². The molecule has 6 nitrogen and oxygen atoms in total. The standard InChI is InChI=1S/C15H19N3O3/c1-9-10(2)18-13-5-4-11(6-12(9)13)7-16-15(20)17-8-14(19)21-3/h4-6,18H,7-8H2,1-3H3,(H2,16,17,20). The highest BCUT2D eigenvalue weighted by molar-refractivity contribution is 5.85. The number of rotatable bonds is 4. The fourth-order valence-corrected chi connectivity index (χ4v) is 2.09. The normalized spacial score (nSPS) is 10.4. The summed E-state index contributed by atoms with van der Waals surface area (Å²) in [6.07, 6.45) is 0. The van der Waals surface area contributed by atoms with E-state index in [2.05, 4.69) is 33.3 Å². The molecule has 21 heavy (non-hydrogen) atoms. The van der Waals surface area contributed by atoms with E-state index in [1.54, 1.807) is 0 Å². The average Bonchev–Trinajstić information content (AvgIpc) is 2.77. The molecule has 0 saturated heterocycles. The van der Waals surface area contributed by atoms with Gasteiger partial charge in [0.25, 0.3) is 0 Å². The van der Waals surface area contributed by atoms with Crippen LogP contribution in [0.3, 0.4) is 0 Å². The van der Waals surface area contributed by atoms with Gasteiger partial charge in [0.2, 0.25) is 0 Å². The van der Waals surface area contributed by atoms with Crippen LogP contribution in [0.25, 0.3) is 10.9 Å². The van der Waals surface area contributed by atoms with Gasteiger partial charge < -0.3 is 20.4 Å². The number of aromatic nitrogens is 1. The molecule has 0 bridgehead atoms. The molecular weight excluding hydrogens is 270 g/mol. The van der Waals surface area contributed by atoms with Crippen molar-refractivity contribution in [2.24, 2.45) is 0 Å². The number of urea groups is 1. The topological polar surface area (TPSA) is 83.2 Å². The van der Waals surface area contributed by atoms with Gasteiger partial charge in [0.05, 0.1) is 7.11 Å². The lowest BCUT2D eigenvalue weighted by atomic mass is 10.1. The van der Waals surface area contributed by atoms with Crippen LogP contribution in [0, 0.1) is 13.8 Å². The number of aryl methyl sites for hydroxylation is 2. The predicted molar refractivity (Wildman–Crippen MR) is 80.0 cm³/mol. The van der Waals surface area contributed by atoms with Crippen molar-refractivity contribution in [1.29, 1.82) is 0 Å². The Morgan fingerprint density at radius 1 is 1.24 bits per heavy atom. The van der Waals surface area contributed by atoms with E-state index in [4.69, 9.17) is 0 Å². The second-order valence-corrected chi connectivity index (χ2v) is 4.87. The third-order valence-corrected chi connectivity index (χ3v) is 3.45. The number of H-pyrrole nitrogens is 1. The first-order valence-electron chi connectivity index (χ1n) is 6.67. The van der Waals surface area contributed by atoms with Gasteiger partial charge in [0.1, 0.15) is 6.54 Å². The number of esters is 1. The van der Waals surface area contributed by atoms with E-state index >= 15 is 0 Å². The number of hydrogen-bond donors (Lipinski definition) is 3. The lowest BCUT2D eigenvalue weighted by Gasteiger charge is -2.07. The lowest BCUT2D eigenvalue weighted by molar-refractivity contribution is -0.139. The fraction of sp³-hybridized carbons (Fsp3) is 0.333. The Hall–Kier alpha value is -2.50. The van der Waals surface area contributed by atoms with Crippen molar-refractivity contribution < 1.29 is 14.3 Å². The smallest absolute Gasteiger partial charge is 0.325 e. The average molecular weight is 289 g/mol. The van der Waals surface area contributed by atoms with E-state index in [9.17, 15) is 9.59 Å². The van der Waals surface area contributed by atoms with Crippen molar-refractivity contribution in [2.45, 2.75) is 20.4 Å². The molecule has 0 saturated carbocycles. The SMILES string of the molecule is COC(=O)CNC(=O)NCc1ccc2[nH]c(C)c(C)c2c1. The fourth-order valence-electron chi connectivity index (χ4n) is 2.09. The molecular formula is C15H19N3O3. The summed E-state index contributed by atoms with van der Waals surface area (Å²) in [5, 5.41) is 6.28. The van der Waals surface area contributed by atoms with Crippen molar-refractivity contribution in [3.8, 4) is 0 Å². The summed E-state index contributed by atoms with van der Waals surface area (Å²) in [6, 6.07) is 5.61. The molecule has 1 aromatic heterocycles. The van der Waals surface area contributed by atoms with Crippen LogP contribution < -0.4 is 10.6 Å². The van der Waals surface area contributed by atoms with Gasteiger partial charge in [0, 0.05) is 23.1 Å². The molecule has 0 spiro atoms. The van der Waals surface area contributed by atoms with E-state index in [1.165, 1.54) is 12.7 Å². The monoisotopic (exact) mass is 289 g/mol. The van der Waals surface area contributed by atoms with Crippen LogP contribution in [0.1, 0.15) is 16.8 Å². The molecule has 2 rings (SSSR count). The molecule has 0 unspecified atom stereocenters. The Balaban J connectivity index is 1.95. The number of ether oxygens (including phenoxy) is 1. The Kier molecular flexibility index (Phi) is 4.47. The van der Waals surface area contributed by atoms with E-state index in [0.29, 0.717) is 6.54 Å². The highest BCUT2D eigenvalue weighted by Gasteiger charge is 2.07. The maximum Gasteiger partial charge on any atom is 0.325 e. The van der Waals surface area contributed by atoms with Crippen molar-refractivity contribution in [1.82, 2.24) is 15.6 Å². The Morgan fingerprint density at radius 3 is 2.71 bits per heavy atom. The molecule has 0 radical (unpaired) electrons. The first-order chi connectivity index (χ1) is 10.0. The van der Waals surface area contributed by atoms with Gasteiger partial charge in [0.15, 0.2) is 0 Å². The largest absolute Gasteiger partial charge is 0.468 e. The zero-order valence-electron chi connectivity index (χ0n) is 12.4. The Morgan fingerprint density at radius 2 is 2.00 bits per heavy atom. The second-order valence-electron chi connectivity index (χ2n) is 4.87. The van der Waals surface area contributed by atoms with Gasteiger partial charge in [-0.15, -0.1) is 0 Å². The van der Waals surface area contributed by atoms with Crippen LogP contribution in [0.4, 0.5) is 4.79 Å². The molecule has 0 aliphatic heterocycles. The summed E-state index contributed by atoms with van der Waals surface area (Å²) in [6.45, 7) is 4.35. The minimum atomic E-state index is -0.481. The van der Waals surface area contributed by atoms with Crippen LogP contribution in [-0.2, 0) is 16.1 Å². The maximum atomic E-state index is 11.5. The number of carbonyl (C=O) groups is 2. The summed E-state index contributed by atoms with van der Waals surface area (Å²) in [4.78, 5) is 25.8. The van der Waals surface area contributed by atoms with Gasteiger partial charge in [-0.2, -0.15) is 0 Å². The zero-order chi connectivity index (χ0) is 15.4. The van der Waals surface area contributed by atoms with Crippen LogP contribution >= 0.6 is 0 Å². The second kappa shape index (κ2) is 6.30. The number of methoxy groups -OCH3 is 1. The highest BCUT2D eigenvalue weighted by atomic mass is 16.5. The third kappa shape index (κ3) is 3.53. The molecule has 0 aliphatic rings. The number of fused-ring (bicyclic) bond motifs is 1. The van der Waals surface area contributed by atoms with Crippen LogP contribution in [0.5, 0.6) is 0 Å². The molecule has 0 atom stereocenters. The molecule has 3 N–H and O–H groups in total. The minimum Gasteiger partial charge on any atom is -0.468 e. The molecule has 1 heterocycles. The lowest BCUT2D eigenvalue weighted by Crippen LogP contribution is -2.38. The third-order valence-electron chi connectivity index (χ3n) is 3.45. The van der Waals surface area contributed by atoms with Gasteiger partial charge in [-0.25, -0.2) is 4.79 Å². The number of amides is 2. The molecule has 112 valence electrons. The van der Waals surface area contributed by atoms with E-state index in [0.717, 1.165) is 22.2 Å². The number of carbonyl (C=O) groups excluding carboxylic acids is 2. The van der Waals surface area contributed by atoms with Crippen molar-refractivity contribution in [3.05, 3.63) is 35.0 Å². The van der Waals surface area contributed by atoms with Crippen LogP contribution in [0.15, 0.2) is 18.2 Å². The highest BCUT2D eigenvalue weighted by Crippen LogP contribution is 2.22. The van der Waals surface area contributed by atoms with E-state index in [1.807, 2.05) is 19.1 Å². The quantitative estimate of drug-likeness (QED) is 0.750. The summed E-state index contributed by atoms with van der Waals surface area (Å²) in [5.41, 5.74) is 4.44. The van der Waals surface area contributed by atoms with E-state index in [-0.39, 0.29) is 6.54 Å². The van der Waals surface area contributed by atoms with Gasteiger partial charge in [-0.1, -0.05) is 6.07 Å². The Bertz CT molecular complexity index is 676. The molecule has 1 aromatic carbocycles. The molecule has 0 fully saturated rings. The van der Waals surface area contributed by atoms with Crippen molar-refractivity contribution >= 4 is 22.9 Å². The summed E-state index contributed by atoms with van der Waals surface area (Å²) in [5.74, 6) is -0.481. The predicted octanol–water partition coefficient (Wildman–Crippen LogP) is 1.76. The zero-order valence-corrected chi connectivity index (χ0v) is 12.4. The van der Waals surface area contributed by atoms with Gasteiger partial charge in [-0.3, -0.25) is 4.79 Å². The molecule has 6 heteroatoms. The van der Waals surface area contributed by atoms with Crippen LogP contribution in [0.2, 0.25) is 0 Å². The van der Waals surface area contributed by atoms with Gasteiger partial charge in [-0.05, 0) is 37.1 Å². The maximum absolute atomic E-state index is 11.5. The molecule has 2 amide bonds. The first kappa shape index (κ1) is 14.9. The summed E-state index contributed by atoms with van der Waals surface area (Å²) >= 11 is 0. The summed E-state index contributed by atoms with van der Waals surface area (Å²) < 4.78 is 4.44. The number of benzene rings is 1. The van der Waals surface area contributed by atoms with Gasteiger partial charge >= 0.3 is 12.0 Å². The molecule has 2 aromatic rings. The number of aromatic amines is 1.